The maximum Gasteiger partial charge on any atom is 0.0985 e. The molecule has 0 fully saturated rings. The molecule has 17 heavy (non-hydrogen) atoms. The summed E-state index contributed by atoms with van der Waals surface area (Å²) in [5.74, 6) is 5.67. The number of hydrogen-bond donors (Lipinski definition) is 0. The molecule has 0 atom stereocenters. The molecule has 1 nitrogen and oxygen atoms in total. The van der Waals surface area contributed by atoms with E-state index in [0.717, 1.165) is 5.57 Å². The van der Waals surface area contributed by atoms with Gasteiger partial charge in [0.1, 0.15) is 0 Å². The predicted octanol–water partition coefficient (Wildman–Crippen LogP) is 3.87. The van der Waals surface area contributed by atoms with Gasteiger partial charge in [-0.1, -0.05) is 49.8 Å². The van der Waals surface area contributed by atoms with Crippen LogP contribution in [-0.4, -0.2) is 0 Å². The molecule has 0 rings (SSSR count). The molecular weight excluding hydrogens is 206 g/mol. The maximum atomic E-state index is 8.49. The summed E-state index contributed by atoms with van der Waals surface area (Å²) in [6, 6.07) is 1.91. The minimum atomic E-state index is 0.369. The zero-order valence-electron chi connectivity index (χ0n) is 10.1. The van der Waals surface area contributed by atoms with Gasteiger partial charge in [-0.2, -0.15) is 5.26 Å². The molecule has 0 aliphatic heterocycles. The summed E-state index contributed by atoms with van der Waals surface area (Å²) in [6.45, 7) is 16.7. The van der Waals surface area contributed by atoms with Crippen molar-refractivity contribution in [3.8, 4) is 17.9 Å². The molecule has 1 heteroatoms. The van der Waals surface area contributed by atoms with E-state index in [1.165, 1.54) is 0 Å². The molecule has 0 spiro atoms. The van der Waals surface area contributed by atoms with E-state index in [1.54, 1.807) is 18.2 Å². The highest BCUT2D eigenvalue weighted by Crippen LogP contribution is 1.99. The highest BCUT2D eigenvalue weighted by atomic mass is 14.2. The van der Waals surface area contributed by atoms with Crippen LogP contribution in [0.1, 0.15) is 6.92 Å². The molecule has 0 radical (unpaired) electrons. The zero-order valence-corrected chi connectivity index (χ0v) is 10.1. The van der Waals surface area contributed by atoms with Crippen molar-refractivity contribution in [2.75, 3.05) is 0 Å². The van der Waals surface area contributed by atoms with Gasteiger partial charge in [0.15, 0.2) is 0 Å². The Balaban J connectivity index is 4.47. The largest absolute Gasteiger partial charge is 0.192 e. The molecule has 0 saturated heterocycles. The Hall–Kier alpha value is -2.51. The molecule has 0 saturated carbocycles. The molecule has 0 aliphatic carbocycles. The third-order valence-electron chi connectivity index (χ3n) is 1.58. The molecule has 0 aliphatic rings. The van der Waals surface area contributed by atoms with E-state index in [-0.39, 0.29) is 0 Å². The lowest BCUT2D eigenvalue weighted by atomic mass is 10.2. The van der Waals surface area contributed by atoms with Crippen molar-refractivity contribution in [3.63, 3.8) is 0 Å². The van der Waals surface area contributed by atoms with Crippen molar-refractivity contribution in [3.05, 3.63) is 72.9 Å². The lowest BCUT2D eigenvalue weighted by Crippen LogP contribution is -1.73. The standard InChI is InChI=1S/C16H15N/c1-13(2)6-7-14(3)8-9-15(4)10-11-16(5)12-17/h6-7,10-11H,1,3-5H2,2H3/b7-6-,11-10-. The summed E-state index contributed by atoms with van der Waals surface area (Å²) in [5, 5.41) is 8.49. The minimum Gasteiger partial charge on any atom is -0.192 e. The van der Waals surface area contributed by atoms with E-state index >= 15 is 0 Å². The lowest BCUT2D eigenvalue weighted by molar-refractivity contribution is 1.50. The normalized spacial score (nSPS) is 9.41. The first-order valence-electron chi connectivity index (χ1n) is 4.96. The second-order valence-corrected chi connectivity index (χ2v) is 3.45. The molecule has 0 bridgehead atoms. The van der Waals surface area contributed by atoms with Gasteiger partial charge in [-0.05, 0) is 25.2 Å². The van der Waals surface area contributed by atoms with Crippen molar-refractivity contribution in [2.45, 2.75) is 6.92 Å². The molecule has 0 unspecified atom stereocenters. The van der Waals surface area contributed by atoms with Gasteiger partial charge in [0, 0.05) is 16.7 Å². The molecular formula is C16H15N. The van der Waals surface area contributed by atoms with Crippen LogP contribution in [0.15, 0.2) is 72.9 Å². The number of hydrogen-bond acceptors (Lipinski definition) is 1. The summed E-state index contributed by atoms with van der Waals surface area (Å²) >= 11 is 0. The van der Waals surface area contributed by atoms with Crippen LogP contribution in [-0.2, 0) is 0 Å². The second kappa shape index (κ2) is 7.74. The number of allylic oxidation sites excluding steroid dienone is 8. The Kier molecular flexibility index (Phi) is 6.60. The monoisotopic (exact) mass is 221 g/mol. The van der Waals surface area contributed by atoms with Crippen LogP contribution >= 0.6 is 0 Å². The van der Waals surface area contributed by atoms with Crippen molar-refractivity contribution in [1.29, 1.82) is 5.26 Å². The van der Waals surface area contributed by atoms with Gasteiger partial charge in [0.2, 0.25) is 0 Å². The van der Waals surface area contributed by atoms with Crippen LogP contribution < -0.4 is 0 Å². The molecule has 0 N–H and O–H groups in total. The SMILES string of the molecule is C=C(C)/C=C\C(=C)C#CC(=C)/C=C\C(=C)C#N. The molecule has 0 amide bonds. The third-order valence-corrected chi connectivity index (χ3v) is 1.58. The first-order valence-corrected chi connectivity index (χ1v) is 4.96. The predicted molar refractivity (Wildman–Crippen MR) is 73.9 cm³/mol. The summed E-state index contributed by atoms with van der Waals surface area (Å²) in [4.78, 5) is 0. The highest BCUT2D eigenvalue weighted by Gasteiger charge is 1.84. The van der Waals surface area contributed by atoms with Crippen LogP contribution in [0.2, 0.25) is 0 Å². The maximum absolute atomic E-state index is 8.49. The Labute approximate surface area is 103 Å². The van der Waals surface area contributed by atoms with Crippen LogP contribution in [0.3, 0.4) is 0 Å². The van der Waals surface area contributed by atoms with E-state index < -0.39 is 0 Å². The van der Waals surface area contributed by atoms with Crippen molar-refractivity contribution in [1.82, 2.24) is 0 Å². The Morgan fingerprint density at radius 2 is 1.24 bits per heavy atom. The van der Waals surface area contributed by atoms with Crippen LogP contribution in [0.5, 0.6) is 0 Å². The number of rotatable bonds is 4. The fourth-order valence-corrected chi connectivity index (χ4v) is 0.725. The van der Waals surface area contributed by atoms with E-state index in [9.17, 15) is 0 Å². The Bertz CT molecular complexity index is 508. The zero-order chi connectivity index (χ0) is 13.3. The molecule has 0 aromatic carbocycles. The van der Waals surface area contributed by atoms with Gasteiger partial charge >= 0.3 is 0 Å². The molecule has 0 aromatic rings. The van der Waals surface area contributed by atoms with Crippen LogP contribution in [0.25, 0.3) is 0 Å². The van der Waals surface area contributed by atoms with Crippen LogP contribution in [0, 0.1) is 23.2 Å². The lowest BCUT2D eigenvalue weighted by Gasteiger charge is -1.87. The van der Waals surface area contributed by atoms with Crippen molar-refractivity contribution < 1.29 is 0 Å². The van der Waals surface area contributed by atoms with E-state index in [0.29, 0.717) is 16.7 Å². The van der Waals surface area contributed by atoms with Crippen molar-refractivity contribution in [2.24, 2.45) is 0 Å². The van der Waals surface area contributed by atoms with Crippen LogP contribution in [0.4, 0.5) is 0 Å². The van der Waals surface area contributed by atoms with Gasteiger partial charge in [-0.15, -0.1) is 0 Å². The number of nitrogens with zero attached hydrogens (tertiary/aromatic N) is 1. The first-order chi connectivity index (χ1) is 7.95. The second-order valence-electron chi connectivity index (χ2n) is 3.45. The summed E-state index contributed by atoms with van der Waals surface area (Å²) in [6.07, 6.45) is 6.85. The van der Waals surface area contributed by atoms with E-state index in [1.807, 2.05) is 19.1 Å². The van der Waals surface area contributed by atoms with E-state index in [4.69, 9.17) is 5.26 Å². The fraction of sp³-hybridized carbons (Fsp3) is 0.0625. The molecule has 84 valence electrons. The topological polar surface area (TPSA) is 23.8 Å². The smallest absolute Gasteiger partial charge is 0.0985 e. The molecule has 0 heterocycles. The summed E-state index contributed by atoms with van der Waals surface area (Å²) < 4.78 is 0. The quantitative estimate of drug-likeness (QED) is 0.401. The molecule has 0 aromatic heterocycles. The summed E-state index contributed by atoms with van der Waals surface area (Å²) in [5.41, 5.74) is 2.60. The Morgan fingerprint density at radius 3 is 1.65 bits per heavy atom. The minimum absolute atomic E-state index is 0.369. The third kappa shape index (κ3) is 8.48. The Morgan fingerprint density at radius 1 is 0.824 bits per heavy atom. The highest BCUT2D eigenvalue weighted by molar-refractivity contribution is 5.47. The van der Waals surface area contributed by atoms with E-state index in [2.05, 4.69) is 38.2 Å². The van der Waals surface area contributed by atoms with Gasteiger partial charge in [-0.25, -0.2) is 0 Å². The van der Waals surface area contributed by atoms with Gasteiger partial charge in [0.25, 0.3) is 0 Å². The van der Waals surface area contributed by atoms with Gasteiger partial charge < -0.3 is 0 Å². The fourth-order valence-electron chi connectivity index (χ4n) is 0.725. The average Bonchev–Trinajstić information content (AvgIpc) is 2.30. The number of nitriles is 1. The van der Waals surface area contributed by atoms with Crippen molar-refractivity contribution >= 4 is 0 Å². The summed E-state index contributed by atoms with van der Waals surface area (Å²) in [7, 11) is 0. The van der Waals surface area contributed by atoms with Gasteiger partial charge in [-0.3, -0.25) is 0 Å². The first kappa shape index (κ1) is 14.5. The van der Waals surface area contributed by atoms with Gasteiger partial charge in [0.05, 0.1) is 6.07 Å². The average molecular weight is 221 g/mol.